The highest BCUT2D eigenvalue weighted by Crippen LogP contribution is 2.20. The molecule has 0 N–H and O–H groups in total. The molecule has 0 aromatic carbocycles. The van der Waals surface area contributed by atoms with Crippen molar-refractivity contribution >= 4 is 8.80 Å². The van der Waals surface area contributed by atoms with Gasteiger partial charge in [0, 0.05) is 33.8 Å². The van der Waals surface area contributed by atoms with E-state index in [2.05, 4.69) is 0 Å². The van der Waals surface area contributed by atoms with Crippen LogP contribution in [0, 0.1) is 0 Å². The van der Waals surface area contributed by atoms with Gasteiger partial charge in [-0.3, -0.25) is 0 Å². The number of hydrogen-bond donors (Lipinski definition) is 0. The predicted octanol–water partition coefficient (Wildman–Crippen LogP) is 1.57. The number of allylic oxidation sites excluding steroid dienone is 2. The van der Waals surface area contributed by atoms with Gasteiger partial charge in [0.25, 0.3) is 0 Å². The van der Waals surface area contributed by atoms with Crippen LogP contribution < -0.4 is 0 Å². The summed E-state index contributed by atoms with van der Waals surface area (Å²) in [6.45, 7) is 3.39. The summed E-state index contributed by atoms with van der Waals surface area (Å²) in [6.07, 6.45) is 2.99. The van der Waals surface area contributed by atoms with Crippen LogP contribution in [-0.4, -0.2) is 49.5 Å². The molecule has 17 heavy (non-hydrogen) atoms. The third-order valence-electron chi connectivity index (χ3n) is 2.79. The van der Waals surface area contributed by atoms with E-state index in [1.54, 1.807) is 21.3 Å². The fourth-order valence-electron chi connectivity index (χ4n) is 1.50. The molecule has 0 aromatic heterocycles. The molecule has 0 aromatic rings. The van der Waals surface area contributed by atoms with Gasteiger partial charge in [-0.15, -0.1) is 0 Å². The van der Waals surface area contributed by atoms with Gasteiger partial charge in [0.2, 0.25) is 0 Å². The molecule has 0 spiro atoms. The van der Waals surface area contributed by atoms with E-state index in [0.717, 1.165) is 18.8 Å². The Kier molecular flexibility index (Phi) is 6.14. The standard InChI is InChI=1S/C11H22O5Si/c1-5-10(15-8-11-9-16-11)6-7-17(12-2,13-3)14-4/h5,11H,6-9H2,1-4H3/b10-5+. The molecule has 1 saturated heterocycles. The molecule has 1 unspecified atom stereocenters. The number of ether oxygens (including phenoxy) is 2. The van der Waals surface area contributed by atoms with Crippen molar-refractivity contribution in [3.8, 4) is 0 Å². The van der Waals surface area contributed by atoms with Gasteiger partial charge < -0.3 is 22.8 Å². The summed E-state index contributed by atoms with van der Waals surface area (Å²) in [5.41, 5.74) is 0. The maximum atomic E-state index is 5.64. The lowest BCUT2D eigenvalue weighted by atomic mass is 10.3. The zero-order valence-electron chi connectivity index (χ0n) is 11.0. The first-order chi connectivity index (χ1) is 8.19. The minimum Gasteiger partial charge on any atom is -0.495 e. The van der Waals surface area contributed by atoms with Crippen LogP contribution in [0.2, 0.25) is 6.04 Å². The molecule has 1 heterocycles. The molecule has 1 aliphatic heterocycles. The van der Waals surface area contributed by atoms with E-state index in [9.17, 15) is 0 Å². The smallest absolute Gasteiger partial charge is 0.495 e. The second kappa shape index (κ2) is 7.12. The first-order valence-electron chi connectivity index (χ1n) is 5.74. The third-order valence-corrected chi connectivity index (χ3v) is 5.52. The van der Waals surface area contributed by atoms with Gasteiger partial charge in [-0.1, -0.05) is 0 Å². The second-order valence-electron chi connectivity index (χ2n) is 3.82. The van der Waals surface area contributed by atoms with Gasteiger partial charge in [-0.25, -0.2) is 0 Å². The molecule has 0 bridgehead atoms. The Balaban J connectivity index is 2.33. The van der Waals surface area contributed by atoms with Crippen molar-refractivity contribution in [1.29, 1.82) is 0 Å². The monoisotopic (exact) mass is 262 g/mol. The normalized spacial score (nSPS) is 20.5. The number of epoxide rings is 1. The minimum atomic E-state index is -2.49. The van der Waals surface area contributed by atoms with Crippen molar-refractivity contribution in [2.24, 2.45) is 0 Å². The molecule has 0 aliphatic carbocycles. The van der Waals surface area contributed by atoms with Crippen molar-refractivity contribution in [3.63, 3.8) is 0 Å². The average Bonchev–Trinajstić information content (AvgIpc) is 3.19. The number of hydrogen-bond acceptors (Lipinski definition) is 5. The van der Waals surface area contributed by atoms with Crippen LogP contribution in [0.1, 0.15) is 13.3 Å². The predicted molar refractivity (Wildman–Crippen MR) is 65.7 cm³/mol. The molecule has 100 valence electrons. The van der Waals surface area contributed by atoms with E-state index < -0.39 is 8.80 Å². The van der Waals surface area contributed by atoms with Gasteiger partial charge in [0.15, 0.2) is 0 Å². The molecular formula is C11H22O5Si. The highest BCUT2D eigenvalue weighted by molar-refractivity contribution is 6.60. The fraction of sp³-hybridized carbons (Fsp3) is 0.818. The Labute approximate surface area is 104 Å². The van der Waals surface area contributed by atoms with Crippen LogP contribution in [0.4, 0.5) is 0 Å². The van der Waals surface area contributed by atoms with Crippen molar-refractivity contribution < 1.29 is 22.8 Å². The van der Waals surface area contributed by atoms with Crippen LogP contribution in [0.25, 0.3) is 0 Å². The van der Waals surface area contributed by atoms with E-state index >= 15 is 0 Å². The van der Waals surface area contributed by atoms with Crippen molar-refractivity contribution in [2.75, 3.05) is 34.5 Å². The largest absolute Gasteiger partial charge is 0.500 e. The van der Waals surface area contributed by atoms with Gasteiger partial charge in [0.1, 0.15) is 12.7 Å². The van der Waals surface area contributed by atoms with E-state index in [4.69, 9.17) is 22.8 Å². The Bertz CT molecular complexity index is 240. The molecular weight excluding hydrogens is 240 g/mol. The number of rotatable bonds is 9. The van der Waals surface area contributed by atoms with Gasteiger partial charge in [-0.05, 0) is 13.0 Å². The van der Waals surface area contributed by atoms with E-state index in [0.29, 0.717) is 12.7 Å². The van der Waals surface area contributed by atoms with E-state index in [-0.39, 0.29) is 6.10 Å². The molecule has 1 atom stereocenters. The van der Waals surface area contributed by atoms with Crippen LogP contribution in [-0.2, 0) is 22.8 Å². The Morgan fingerprint density at radius 3 is 2.29 bits per heavy atom. The zero-order valence-corrected chi connectivity index (χ0v) is 12.0. The van der Waals surface area contributed by atoms with Crippen molar-refractivity contribution in [2.45, 2.75) is 25.5 Å². The molecule has 6 heteroatoms. The SMILES string of the molecule is C/C=C(\CC[Si](OC)(OC)OC)OCC1CO1. The highest BCUT2D eigenvalue weighted by atomic mass is 28.4. The lowest BCUT2D eigenvalue weighted by Gasteiger charge is -2.24. The van der Waals surface area contributed by atoms with Crippen LogP contribution in [0.15, 0.2) is 11.8 Å². The summed E-state index contributed by atoms with van der Waals surface area (Å²) < 4.78 is 26.8. The lowest BCUT2D eigenvalue weighted by molar-refractivity contribution is 0.119. The van der Waals surface area contributed by atoms with Gasteiger partial charge in [-0.2, -0.15) is 0 Å². The molecule has 1 rings (SSSR count). The summed E-state index contributed by atoms with van der Waals surface area (Å²) in [4.78, 5) is 0. The summed E-state index contributed by atoms with van der Waals surface area (Å²) in [6, 6.07) is 0.710. The first kappa shape index (κ1) is 14.7. The topological polar surface area (TPSA) is 49.5 Å². The average molecular weight is 262 g/mol. The second-order valence-corrected chi connectivity index (χ2v) is 6.91. The van der Waals surface area contributed by atoms with Crippen molar-refractivity contribution in [1.82, 2.24) is 0 Å². The Morgan fingerprint density at radius 2 is 1.88 bits per heavy atom. The quantitative estimate of drug-likeness (QED) is 0.359. The molecule has 1 fully saturated rings. The highest BCUT2D eigenvalue weighted by Gasteiger charge is 2.37. The maximum absolute atomic E-state index is 5.64. The fourth-order valence-corrected chi connectivity index (χ4v) is 3.16. The van der Waals surface area contributed by atoms with E-state index in [1.807, 2.05) is 13.0 Å². The zero-order chi connectivity index (χ0) is 12.7. The maximum Gasteiger partial charge on any atom is 0.500 e. The molecule has 1 aliphatic rings. The lowest BCUT2D eigenvalue weighted by Crippen LogP contribution is -2.42. The summed E-state index contributed by atoms with van der Waals surface area (Å²) in [5, 5.41) is 0. The minimum absolute atomic E-state index is 0.277. The molecule has 0 radical (unpaired) electrons. The molecule has 0 saturated carbocycles. The van der Waals surface area contributed by atoms with Crippen LogP contribution in [0.5, 0.6) is 0 Å². The Morgan fingerprint density at radius 1 is 1.29 bits per heavy atom. The third kappa shape index (κ3) is 4.77. The first-order valence-corrected chi connectivity index (χ1v) is 7.68. The van der Waals surface area contributed by atoms with Crippen LogP contribution in [0.3, 0.4) is 0 Å². The van der Waals surface area contributed by atoms with Crippen LogP contribution >= 0.6 is 0 Å². The van der Waals surface area contributed by atoms with Gasteiger partial charge >= 0.3 is 8.80 Å². The molecule has 5 nitrogen and oxygen atoms in total. The summed E-state index contributed by atoms with van der Waals surface area (Å²) in [7, 11) is 2.37. The summed E-state index contributed by atoms with van der Waals surface area (Å²) >= 11 is 0. The Hall–Kier alpha value is -0.403. The molecule has 0 amide bonds. The van der Waals surface area contributed by atoms with E-state index in [1.165, 1.54) is 0 Å². The van der Waals surface area contributed by atoms with Crippen molar-refractivity contribution in [3.05, 3.63) is 11.8 Å². The summed E-state index contributed by atoms with van der Waals surface area (Å²) in [5.74, 6) is 0.934. The van der Waals surface area contributed by atoms with Gasteiger partial charge in [0.05, 0.1) is 12.4 Å².